The summed E-state index contributed by atoms with van der Waals surface area (Å²) in [6.07, 6.45) is 4.64. The number of hydrogen-bond donors (Lipinski definition) is 1. The number of ether oxygens (including phenoxy) is 1. The van der Waals surface area contributed by atoms with Crippen molar-refractivity contribution in [1.29, 1.82) is 0 Å². The van der Waals surface area contributed by atoms with E-state index in [0.29, 0.717) is 24.8 Å². The van der Waals surface area contributed by atoms with Crippen molar-refractivity contribution in [2.75, 3.05) is 32.1 Å². The van der Waals surface area contributed by atoms with Gasteiger partial charge in [-0.15, -0.1) is 0 Å². The van der Waals surface area contributed by atoms with Crippen LogP contribution in [0.3, 0.4) is 0 Å². The minimum atomic E-state index is -0.455. The summed E-state index contributed by atoms with van der Waals surface area (Å²) in [6.45, 7) is 5.45. The zero-order valence-electron chi connectivity index (χ0n) is 18.8. The van der Waals surface area contributed by atoms with Crippen LogP contribution in [0.1, 0.15) is 38.2 Å². The first-order valence-corrected chi connectivity index (χ1v) is 11.1. The van der Waals surface area contributed by atoms with E-state index in [1.165, 1.54) is 31.4 Å². The molecular formula is C24H32N4O4. The van der Waals surface area contributed by atoms with E-state index in [4.69, 9.17) is 4.74 Å². The third-order valence-corrected chi connectivity index (χ3v) is 5.96. The Balaban J connectivity index is 1.64. The highest BCUT2D eigenvalue weighted by molar-refractivity contribution is 5.89. The number of anilines is 1. The lowest BCUT2D eigenvalue weighted by molar-refractivity contribution is -0.384. The zero-order chi connectivity index (χ0) is 22.9. The summed E-state index contributed by atoms with van der Waals surface area (Å²) in [4.78, 5) is 27.7. The Morgan fingerprint density at radius 1 is 1.19 bits per heavy atom. The lowest BCUT2D eigenvalue weighted by atomic mass is 10.0. The Morgan fingerprint density at radius 3 is 2.53 bits per heavy atom. The Bertz CT molecular complexity index is 886. The van der Waals surface area contributed by atoms with Gasteiger partial charge in [-0.2, -0.15) is 0 Å². The van der Waals surface area contributed by atoms with E-state index < -0.39 is 4.92 Å². The smallest absolute Gasteiger partial charge is 0.322 e. The molecule has 0 saturated carbocycles. The van der Waals surface area contributed by atoms with Gasteiger partial charge in [0.05, 0.1) is 12.0 Å². The minimum absolute atomic E-state index is 0.00580. The van der Waals surface area contributed by atoms with Crippen molar-refractivity contribution in [2.24, 2.45) is 0 Å². The Morgan fingerprint density at radius 2 is 1.91 bits per heavy atom. The maximum absolute atomic E-state index is 13.0. The molecule has 2 aromatic carbocycles. The van der Waals surface area contributed by atoms with Crippen LogP contribution in [0.15, 0.2) is 48.5 Å². The molecule has 2 amide bonds. The zero-order valence-corrected chi connectivity index (χ0v) is 18.8. The topological polar surface area (TPSA) is 88.0 Å². The number of piperidine rings is 1. The molecule has 8 heteroatoms. The minimum Gasteiger partial charge on any atom is -0.497 e. The third kappa shape index (κ3) is 6.68. The summed E-state index contributed by atoms with van der Waals surface area (Å²) in [7, 11) is 1.63. The van der Waals surface area contributed by atoms with Crippen LogP contribution in [0.4, 0.5) is 16.2 Å². The Hall–Kier alpha value is -3.13. The molecule has 1 heterocycles. The van der Waals surface area contributed by atoms with Gasteiger partial charge in [0.15, 0.2) is 0 Å². The standard InChI is InChI=1S/C24H32N4O4/c1-19-6-3-4-15-26(19)16-5-17-27(18-20-7-13-23(32-2)14-8-20)24(29)25-21-9-11-22(12-10-21)28(30)31/h7-14,19H,3-6,15-18H2,1-2H3,(H,25,29). The monoisotopic (exact) mass is 440 g/mol. The Kier molecular flexibility index (Phi) is 8.44. The van der Waals surface area contributed by atoms with E-state index in [9.17, 15) is 14.9 Å². The van der Waals surface area contributed by atoms with Gasteiger partial charge in [-0.1, -0.05) is 18.6 Å². The van der Waals surface area contributed by atoms with E-state index in [2.05, 4.69) is 17.1 Å². The number of hydrogen-bond acceptors (Lipinski definition) is 5. The first kappa shape index (κ1) is 23.5. The van der Waals surface area contributed by atoms with Crippen LogP contribution in [0.2, 0.25) is 0 Å². The van der Waals surface area contributed by atoms with Gasteiger partial charge in [-0.05, 0) is 62.6 Å². The van der Waals surface area contributed by atoms with Crippen LogP contribution in [-0.2, 0) is 6.54 Å². The number of methoxy groups -OCH3 is 1. The van der Waals surface area contributed by atoms with Gasteiger partial charge in [-0.3, -0.25) is 10.1 Å². The molecule has 0 bridgehead atoms. The molecule has 1 unspecified atom stereocenters. The third-order valence-electron chi connectivity index (χ3n) is 5.96. The van der Waals surface area contributed by atoms with E-state index >= 15 is 0 Å². The van der Waals surface area contributed by atoms with Crippen LogP contribution < -0.4 is 10.1 Å². The molecular weight excluding hydrogens is 408 g/mol. The van der Waals surface area contributed by atoms with Crippen molar-refractivity contribution in [3.05, 3.63) is 64.2 Å². The van der Waals surface area contributed by atoms with E-state index in [0.717, 1.165) is 30.8 Å². The summed E-state index contributed by atoms with van der Waals surface area (Å²) < 4.78 is 5.22. The number of amides is 2. The van der Waals surface area contributed by atoms with Crippen molar-refractivity contribution < 1.29 is 14.5 Å². The first-order valence-electron chi connectivity index (χ1n) is 11.1. The molecule has 172 valence electrons. The maximum Gasteiger partial charge on any atom is 0.322 e. The van der Waals surface area contributed by atoms with Gasteiger partial charge in [-0.25, -0.2) is 4.79 Å². The highest BCUT2D eigenvalue weighted by atomic mass is 16.6. The largest absolute Gasteiger partial charge is 0.497 e. The highest BCUT2D eigenvalue weighted by Gasteiger charge is 2.19. The van der Waals surface area contributed by atoms with Gasteiger partial charge in [0.2, 0.25) is 0 Å². The molecule has 2 aromatic rings. The summed E-state index contributed by atoms with van der Waals surface area (Å²) >= 11 is 0. The predicted octanol–water partition coefficient (Wildman–Crippen LogP) is 4.90. The molecule has 1 aliphatic rings. The lowest BCUT2D eigenvalue weighted by Crippen LogP contribution is -2.40. The van der Waals surface area contributed by atoms with Crippen LogP contribution in [0.5, 0.6) is 5.75 Å². The number of urea groups is 1. The second-order valence-corrected chi connectivity index (χ2v) is 8.24. The average Bonchev–Trinajstić information content (AvgIpc) is 2.80. The number of nitro benzene ring substituents is 1. The molecule has 0 aliphatic carbocycles. The van der Waals surface area contributed by atoms with Crippen molar-refractivity contribution in [1.82, 2.24) is 9.80 Å². The molecule has 0 radical (unpaired) electrons. The fourth-order valence-corrected chi connectivity index (χ4v) is 4.03. The number of likely N-dealkylation sites (tertiary alicyclic amines) is 1. The maximum atomic E-state index is 13.0. The van der Waals surface area contributed by atoms with E-state index in [1.807, 2.05) is 24.3 Å². The van der Waals surface area contributed by atoms with Gasteiger partial charge in [0, 0.05) is 43.5 Å². The normalized spacial score (nSPS) is 16.4. The fourth-order valence-electron chi connectivity index (χ4n) is 4.03. The van der Waals surface area contributed by atoms with Gasteiger partial charge < -0.3 is 19.9 Å². The highest BCUT2D eigenvalue weighted by Crippen LogP contribution is 2.19. The number of nitrogens with one attached hydrogen (secondary N) is 1. The molecule has 1 saturated heterocycles. The molecule has 1 aliphatic heterocycles. The summed E-state index contributed by atoms with van der Waals surface area (Å²) in [5.74, 6) is 0.773. The summed E-state index contributed by atoms with van der Waals surface area (Å²) in [5, 5.41) is 13.7. The molecule has 1 N–H and O–H groups in total. The lowest BCUT2D eigenvalue weighted by Gasteiger charge is -2.34. The SMILES string of the molecule is COc1ccc(CN(CCCN2CCCCC2C)C(=O)Nc2ccc([N+](=O)[O-])cc2)cc1. The second-order valence-electron chi connectivity index (χ2n) is 8.24. The van der Waals surface area contributed by atoms with E-state index in [-0.39, 0.29) is 11.7 Å². The molecule has 8 nitrogen and oxygen atoms in total. The molecule has 0 aromatic heterocycles. The molecule has 3 rings (SSSR count). The first-order chi connectivity index (χ1) is 15.5. The Labute approximate surface area is 189 Å². The number of nitrogens with zero attached hydrogens (tertiary/aromatic N) is 3. The molecule has 1 fully saturated rings. The van der Waals surface area contributed by atoms with Gasteiger partial charge in [0.1, 0.15) is 5.75 Å². The molecule has 32 heavy (non-hydrogen) atoms. The number of carbonyl (C=O) groups is 1. The number of benzene rings is 2. The van der Waals surface area contributed by atoms with Gasteiger partial charge in [0.25, 0.3) is 5.69 Å². The quantitative estimate of drug-likeness (QED) is 0.442. The van der Waals surface area contributed by atoms with Gasteiger partial charge >= 0.3 is 6.03 Å². The molecule has 1 atom stereocenters. The van der Waals surface area contributed by atoms with Crippen molar-refractivity contribution in [2.45, 2.75) is 45.2 Å². The average molecular weight is 441 g/mol. The van der Waals surface area contributed by atoms with Crippen LogP contribution >= 0.6 is 0 Å². The number of rotatable bonds is 9. The summed E-state index contributed by atoms with van der Waals surface area (Å²) in [6, 6.07) is 13.9. The molecule has 0 spiro atoms. The van der Waals surface area contributed by atoms with Crippen molar-refractivity contribution in [3.63, 3.8) is 0 Å². The van der Waals surface area contributed by atoms with Crippen molar-refractivity contribution >= 4 is 17.4 Å². The number of carbonyl (C=O) groups excluding carboxylic acids is 1. The fraction of sp³-hybridized carbons (Fsp3) is 0.458. The number of nitro groups is 1. The van der Waals surface area contributed by atoms with Crippen molar-refractivity contribution in [3.8, 4) is 5.75 Å². The summed E-state index contributed by atoms with van der Waals surface area (Å²) in [5.41, 5.74) is 1.54. The van der Waals surface area contributed by atoms with Crippen LogP contribution in [-0.4, -0.2) is 53.5 Å². The van der Waals surface area contributed by atoms with Crippen LogP contribution in [0, 0.1) is 10.1 Å². The predicted molar refractivity (Wildman–Crippen MR) is 125 cm³/mol. The number of non-ortho nitro benzene ring substituents is 1. The second kappa shape index (κ2) is 11.5. The van der Waals surface area contributed by atoms with Crippen LogP contribution in [0.25, 0.3) is 0 Å². The van der Waals surface area contributed by atoms with E-state index in [1.54, 1.807) is 24.1 Å².